The van der Waals surface area contributed by atoms with Crippen molar-refractivity contribution in [2.75, 3.05) is 13.1 Å². The summed E-state index contributed by atoms with van der Waals surface area (Å²) >= 11 is 0. The van der Waals surface area contributed by atoms with Crippen LogP contribution in [-0.4, -0.2) is 22.6 Å². The number of hydrogen-bond acceptors (Lipinski definition) is 2. The molecule has 0 aliphatic carbocycles. The van der Waals surface area contributed by atoms with E-state index in [0.717, 1.165) is 26.1 Å². The zero-order chi connectivity index (χ0) is 14.2. The predicted molar refractivity (Wildman–Crippen MR) is 83.7 cm³/mol. The standard InChI is InChI=1S/C17H25N3/c1-15(2)17(16-7-4-3-5-8-16)13-18-9-6-11-20-12-10-19-14-20/h3-5,7-8,10,12,14-15,17-18H,6,9,11,13H2,1-2H3. The van der Waals surface area contributed by atoms with Gasteiger partial charge >= 0.3 is 0 Å². The molecule has 0 fully saturated rings. The Morgan fingerprint density at radius 2 is 2.00 bits per heavy atom. The highest BCUT2D eigenvalue weighted by Crippen LogP contribution is 2.23. The van der Waals surface area contributed by atoms with Gasteiger partial charge in [0.05, 0.1) is 6.33 Å². The molecule has 0 saturated carbocycles. The summed E-state index contributed by atoms with van der Waals surface area (Å²) in [5.41, 5.74) is 1.43. The number of aromatic nitrogens is 2. The molecule has 20 heavy (non-hydrogen) atoms. The average molecular weight is 271 g/mol. The van der Waals surface area contributed by atoms with Crippen LogP contribution in [0, 0.1) is 5.92 Å². The normalized spacial score (nSPS) is 12.8. The Labute approximate surface area is 122 Å². The Bertz CT molecular complexity index is 462. The number of rotatable bonds is 8. The molecular formula is C17H25N3. The highest BCUT2D eigenvalue weighted by atomic mass is 15.0. The van der Waals surface area contributed by atoms with E-state index < -0.39 is 0 Å². The van der Waals surface area contributed by atoms with Gasteiger partial charge in [-0.2, -0.15) is 0 Å². The highest BCUT2D eigenvalue weighted by Gasteiger charge is 2.14. The molecule has 3 heteroatoms. The van der Waals surface area contributed by atoms with E-state index in [1.165, 1.54) is 5.56 Å². The minimum Gasteiger partial charge on any atom is -0.337 e. The van der Waals surface area contributed by atoms with E-state index in [1.54, 1.807) is 0 Å². The third-order valence-electron chi connectivity index (χ3n) is 3.73. The summed E-state index contributed by atoms with van der Waals surface area (Å²) in [5, 5.41) is 3.59. The molecule has 1 unspecified atom stereocenters. The molecule has 1 heterocycles. The van der Waals surface area contributed by atoms with Gasteiger partial charge in [-0.3, -0.25) is 0 Å². The molecule has 2 rings (SSSR count). The van der Waals surface area contributed by atoms with Gasteiger partial charge in [0, 0.05) is 25.5 Å². The van der Waals surface area contributed by atoms with E-state index in [4.69, 9.17) is 0 Å². The molecule has 0 bridgehead atoms. The number of nitrogens with one attached hydrogen (secondary N) is 1. The lowest BCUT2D eigenvalue weighted by molar-refractivity contribution is 0.454. The molecule has 0 amide bonds. The Kier molecular flexibility index (Phi) is 5.81. The van der Waals surface area contributed by atoms with Gasteiger partial charge in [0.2, 0.25) is 0 Å². The lowest BCUT2D eigenvalue weighted by Crippen LogP contribution is -2.26. The van der Waals surface area contributed by atoms with Crippen molar-refractivity contribution >= 4 is 0 Å². The monoisotopic (exact) mass is 271 g/mol. The fourth-order valence-corrected chi connectivity index (χ4v) is 2.50. The van der Waals surface area contributed by atoms with Crippen molar-refractivity contribution in [3.8, 4) is 0 Å². The first-order valence-electron chi connectivity index (χ1n) is 7.49. The lowest BCUT2D eigenvalue weighted by Gasteiger charge is -2.22. The Balaban J connectivity index is 1.73. The third kappa shape index (κ3) is 4.49. The Morgan fingerprint density at radius 3 is 2.65 bits per heavy atom. The maximum atomic E-state index is 4.05. The molecule has 108 valence electrons. The van der Waals surface area contributed by atoms with Gasteiger partial charge < -0.3 is 9.88 Å². The van der Waals surface area contributed by atoms with Crippen LogP contribution in [0.1, 0.15) is 31.7 Å². The van der Waals surface area contributed by atoms with Crippen LogP contribution in [0.5, 0.6) is 0 Å². The second kappa shape index (κ2) is 7.85. The first kappa shape index (κ1) is 14.8. The molecular weight excluding hydrogens is 246 g/mol. The van der Waals surface area contributed by atoms with Gasteiger partial charge in [0.1, 0.15) is 0 Å². The average Bonchev–Trinajstić information content (AvgIpc) is 2.96. The minimum atomic E-state index is 0.587. The highest BCUT2D eigenvalue weighted by molar-refractivity contribution is 5.20. The van der Waals surface area contributed by atoms with Crippen LogP contribution >= 0.6 is 0 Å². The van der Waals surface area contributed by atoms with Gasteiger partial charge in [-0.25, -0.2) is 4.98 Å². The van der Waals surface area contributed by atoms with Crippen molar-refractivity contribution in [2.45, 2.75) is 32.7 Å². The lowest BCUT2D eigenvalue weighted by atomic mass is 9.88. The van der Waals surface area contributed by atoms with Crippen molar-refractivity contribution in [1.82, 2.24) is 14.9 Å². The van der Waals surface area contributed by atoms with E-state index in [1.807, 2.05) is 18.7 Å². The van der Waals surface area contributed by atoms with Crippen molar-refractivity contribution in [3.05, 3.63) is 54.6 Å². The van der Waals surface area contributed by atoms with Crippen molar-refractivity contribution in [1.29, 1.82) is 0 Å². The second-order valence-corrected chi connectivity index (χ2v) is 5.62. The summed E-state index contributed by atoms with van der Waals surface area (Å²) in [7, 11) is 0. The summed E-state index contributed by atoms with van der Waals surface area (Å²) in [6.07, 6.45) is 6.86. The number of nitrogens with zero attached hydrogens (tertiary/aromatic N) is 2. The van der Waals surface area contributed by atoms with E-state index in [0.29, 0.717) is 11.8 Å². The zero-order valence-corrected chi connectivity index (χ0v) is 12.5. The number of aryl methyl sites for hydroxylation is 1. The number of imidazole rings is 1. The molecule has 0 radical (unpaired) electrons. The third-order valence-corrected chi connectivity index (χ3v) is 3.73. The Morgan fingerprint density at radius 1 is 1.20 bits per heavy atom. The smallest absolute Gasteiger partial charge is 0.0945 e. The molecule has 1 N–H and O–H groups in total. The van der Waals surface area contributed by atoms with Crippen LogP contribution in [0.25, 0.3) is 0 Å². The molecule has 1 aromatic heterocycles. The summed E-state index contributed by atoms with van der Waals surface area (Å²) in [5.74, 6) is 1.24. The van der Waals surface area contributed by atoms with Crippen LogP contribution in [0.2, 0.25) is 0 Å². The van der Waals surface area contributed by atoms with Crippen molar-refractivity contribution in [2.24, 2.45) is 5.92 Å². The van der Waals surface area contributed by atoms with Crippen LogP contribution in [0.3, 0.4) is 0 Å². The molecule has 1 aromatic carbocycles. The van der Waals surface area contributed by atoms with Gasteiger partial charge in [-0.05, 0) is 30.4 Å². The van der Waals surface area contributed by atoms with E-state index in [-0.39, 0.29) is 0 Å². The number of hydrogen-bond donors (Lipinski definition) is 1. The minimum absolute atomic E-state index is 0.587. The SMILES string of the molecule is CC(C)C(CNCCCn1ccnc1)c1ccccc1. The van der Waals surface area contributed by atoms with Crippen molar-refractivity contribution < 1.29 is 0 Å². The Hall–Kier alpha value is -1.61. The van der Waals surface area contributed by atoms with Crippen LogP contribution in [0.15, 0.2) is 49.1 Å². The van der Waals surface area contributed by atoms with E-state index in [2.05, 4.69) is 59.0 Å². The van der Waals surface area contributed by atoms with Gasteiger partial charge in [0.15, 0.2) is 0 Å². The molecule has 0 saturated heterocycles. The van der Waals surface area contributed by atoms with Gasteiger partial charge in [-0.1, -0.05) is 44.2 Å². The fourth-order valence-electron chi connectivity index (χ4n) is 2.50. The first-order valence-corrected chi connectivity index (χ1v) is 7.49. The molecule has 3 nitrogen and oxygen atoms in total. The van der Waals surface area contributed by atoms with E-state index >= 15 is 0 Å². The molecule has 0 spiro atoms. The van der Waals surface area contributed by atoms with E-state index in [9.17, 15) is 0 Å². The first-order chi connectivity index (χ1) is 9.77. The largest absolute Gasteiger partial charge is 0.337 e. The predicted octanol–water partition coefficient (Wildman–Crippen LogP) is 3.30. The number of benzene rings is 1. The summed E-state index contributed by atoms with van der Waals surface area (Å²) in [4.78, 5) is 4.05. The van der Waals surface area contributed by atoms with Crippen LogP contribution in [-0.2, 0) is 6.54 Å². The maximum Gasteiger partial charge on any atom is 0.0945 e. The van der Waals surface area contributed by atoms with Crippen LogP contribution < -0.4 is 5.32 Å². The summed E-state index contributed by atoms with van der Waals surface area (Å²) in [6, 6.07) is 10.8. The van der Waals surface area contributed by atoms with Gasteiger partial charge in [0.25, 0.3) is 0 Å². The second-order valence-electron chi connectivity index (χ2n) is 5.62. The molecule has 2 aromatic rings. The summed E-state index contributed by atoms with van der Waals surface area (Å²) < 4.78 is 2.12. The molecule has 1 atom stereocenters. The maximum absolute atomic E-state index is 4.05. The molecule has 0 aliphatic heterocycles. The van der Waals surface area contributed by atoms with Gasteiger partial charge in [-0.15, -0.1) is 0 Å². The summed E-state index contributed by atoms with van der Waals surface area (Å²) in [6.45, 7) is 7.72. The fraction of sp³-hybridized carbons (Fsp3) is 0.471. The van der Waals surface area contributed by atoms with Crippen molar-refractivity contribution in [3.63, 3.8) is 0 Å². The zero-order valence-electron chi connectivity index (χ0n) is 12.5. The topological polar surface area (TPSA) is 29.9 Å². The van der Waals surface area contributed by atoms with Crippen LogP contribution in [0.4, 0.5) is 0 Å². The quantitative estimate of drug-likeness (QED) is 0.747. The molecule has 0 aliphatic rings.